The molecule has 0 heterocycles. The maximum absolute atomic E-state index is 13.3. The first-order valence-corrected chi connectivity index (χ1v) is 6.51. The molecule has 1 aliphatic rings. The van der Waals surface area contributed by atoms with Gasteiger partial charge in [-0.2, -0.15) is 5.10 Å². The fraction of sp³-hybridized carbons (Fsp3) is 0.333. The predicted molar refractivity (Wildman–Crippen MR) is 69.1 cm³/mol. The van der Waals surface area contributed by atoms with Crippen molar-refractivity contribution in [2.24, 2.45) is 10.5 Å². The Bertz CT molecular complexity index is 666. The van der Waals surface area contributed by atoms with Crippen LogP contribution in [-0.4, -0.2) is 16.5 Å². The standard InChI is InChI=1S/C12H7Cl2F5N2O/c1-11(3-12(11,13)14)10(22)21-20-2-4-5(15)7(17)9(19)8(18)6(4)16/h2H,3H2,1H3,(H,21,22)/t11-/m0/s1. The molecule has 1 aromatic rings. The molecular weight excluding hydrogens is 354 g/mol. The molecular formula is C12H7Cl2F5N2O. The number of alkyl halides is 2. The number of hydrazone groups is 1. The summed E-state index contributed by atoms with van der Waals surface area (Å²) in [5.74, 6) is -11.4. The zero-order valence-corrected chi connectivity index (χ0v) is 12.3. The second kappa shape index (κ2) is 5.34. The van der Waals surface area contributed by atoms with Crippen molar-refractivity contribution in [2.45, 2.75) is 17.7 Å². The molecule has 1 amide bonds. The summed E-state index contributed by atoms with van der Waals surface area (Å²) in [7, 11) is 0. The van der Waals surface area contributed by atoms with Gasteiger partial charge in [0, 0.05) is 0 Å². The minimum atomic E-state index is -2.28. The number of hydrogen-bond acceptors (Lipinski definition) is 2. The van der Waals surface area contributed by atoms with Gasteiger partial charge < -0.3 is 0 Å². The molecule has 1 aliphatic carbocycles. The van der Waals surface area contributed by atoms with Gasteiger partial charge in [-0.1, -0.05) is 0 Å². The van der Waals surface area contributed by atoms with Gasteiger partial charge in [0.15, 0.2) is 23.3 Å². The Morgan fingerprint density at radius 1 is 1.09 bits per heavy atom. The van der Waals surface area contributed by atoms with Crippen LogP contribution in [0.2, 0.25) is 0 Å². The fourth-order valence-electron chi connectivity index (χ4n) is 1.66. The molecule has 0 saturated heterocycles. The van der Waals surface area contributed by atoms with Gasteiger partial charge >= 0.3 is 0 Å². The molecule has 0 radical (unpaired) electrons. The van der Waals surface area contributed by atoms with Gasteiger partial charge in [-0.05, 0) is 13.3 Å². The molecule has 10 heteroatoms. The highest BCUT2D eigenvalue weighted by Gasteiger charge is 2.68. The molecule has 0 aromatic heterocycles. The SMILES string of the molecule is C[C@@]1(C(=O)NN=Cc2c(F)c(F)c(F)c(F)c2F)CC1(Cl)Cl. The van der Waals surface area contributed by atoms with Gasteiger partial charge in [0.25, 0.3) is 0 Å². The molecule has 0 spiro atoms. The van der Waals surface area contributed by atoms with Gasteiger partial charge in [0.2, 0.25) is 11.7 Å². The quantitative estimate of drug-likeness (QED) is 0.220. The van der Waals surface area contributed by atoms with E-state index in [-0.39, 0.29) is 6.42 Å². The van der Waals surface area contributed by atoms with E-state index in [1.54, 1.807) is 0 Å². The van der Waals surface area contributed by atoms with Crippen molar-refractivity contribution in [1.29, 1.82) is 0 Å². The van der Waals surface area contributed by atoms with Crippen LogP contribution >= 0.6 is 23.2 Å². The highest BCUT2D eigenvalue weighted by atomic mass is 35.5. The highest BCUT2D eigenvalue weighted by molar-refractivity contribution is 6.53. The Morgan fingerprint density at radius 2 is 1.50 bits per heavy atom. The van der Waals surface area contributed by atoms with Crippen LogP contribution in [0.15, 0.2) is 5.10 Å². The molecule has 2 rings (SSSR count). The van der Waals surface area contributed by atoms with Gasteiger partial charge in [-0.3, -0.25) is 4.79 Å². The zero-order valence-electron chi connectivity index (χ0n) is 10.8. The second-order valence-corrected chi connectivity index (χ2v) is 6.38. The van der Waals surface area contributed by atoms with Crippen molar-refractivity contribution in [1.82, 2.24) is 5.43 Å². The molecule has 3 nitrogen and oxygen atoms in total. The smallest absolute Gasteiger partial charge is 0.249 e. The zero-order chi connectivity index (χ0) is 16.9. The lowest BCUT2D eigenvalue weighted by molar-refractivity contribution is -0.125. The van der Waals surface area contributed by atoms with Gasteiger partial charge in [0.1, 0.15) is 4.33 Å². The lowest BCUT2D eigenvalue weighted by Crippen LogP contribution is -2.29. The maximum atomic E-state index is 13.3. The summed E-state index contributed by atoms with van der Waals surface area (Å²) in [4.78, 5) is 11.7. The topological polar surface area (TPSA) is 41.5 Å². The first-order valence-electron chi connectivity index (χ1n) is 5.75. The third kappa shape index (κ3) is 2.54. The number of benzene rings is 1. The van der Waals surface area contributed by atoms with Crippen molar-refractivity contribution in [3.05, 3.63) is 34.6 Å². The molecule has 120 valence electrons. The number of nitrogens with zero attached hydrogens (tertiary/aromatic N) is 1. The van der Waals surface area contributed by atoms with E-state index in [1.807, 2.05) is 5.43 Å². The summed E-state index contributed by atoms with van der Waals surface area (Å²) >= 11 is 11.5. The van der Waals surface area contributed by atoms with E-state index in [9.17, 15) is 26.7 Å². The van der Waals surface area contributed by atoms with E-state index in [1.165, 1.54) is 6.92 Å². The minimum absolute atomic E-state index is 0.132. The molecule has 1 aromatic carbocycles. The Balaban J connectivity index is 2.20. The van der Waals surface area contributed by atoms with Crippen LogP contribution in [0, 0.1) is 34.5 Å². The normalized spacial score (nSPS) is 22.9. The third-order valence-electron chi connectivity index (χ3n) is 3.36. The number of carbonyl (C=O) groups is 1. The van der Waals surface area contributed by atoms with Gasteiger partial charge in [-0.25, -0.2) is 27.4 Å². The summed E-state index contributed by atoms with van der Waals surface area (Å²) in [5.41, 5.74) is -0.539. The molecule has 0 unspecified atom stereocenters. The van der Waals surface area contributed by atoms with E-state index >= 15 is 0 Å². The first-order chi connectivity index (χ1) is 10.0. The highest BCUT2D eigenvalue weighted by Crippen LogP contribution is 2.63. The van der Waals surface area contributed by atoms with Crippen LogP contribution < -0.4 is 5.43 Å². The van der Waals surface area contributed by atoms with Crippen LogP contribution in [0.3, 0.4) is 0 Å². The van der Waals surface area contributed by atoms with Gasteiger partial charge in [0.05, 0.1) is 17.2 Å². The van der Waals surface area contributed by atoms with E-state index in [0.717, 1.165) is 0 Å². The number of rotatable bonds is 3. The van der Waals surface area contributed by atoms with Crippen LogP contribution in [0.1, 0.15) is 18.9 Å². The van der Waals surface area contributed by atoms with E-state index in [0.29, 0.717) is 6.21 Å². The fourth-order valence-corrected chi connectivity index (χ4v) is 2.37. The predicted octanol–water partition coefficient (Wildman–Crippen LogP) is 3.42. The minimum Gasteiger partial charge on any atom is -0.272 e. The molecule has 1 saturated carbocycles. The van der Waals surface area contributed by atoms with Crippen molar-refractivity contribution >= 4 is 35.3 Å². The molecule has 1 atom stereocenters. The monoisotopic (exact) mass is 360 g/mol. The summed E-state index contributed by atoms with van der Waals surface area (Å²) < 4.78 is 64.1. The maximum Gasteiger partial charge on any atom is 0.249 e. The largest absolute Gasteiger partial charge is 0.272 e. The first kappa shape index (κ1) is 17.0. The number of hydrogen-bond donors (Lipinski definition) is 1. The number of halogens is 7. The number of carbonyl (C=O) groups excluding carboxylic acids is 1. The number of amides is 1. The van der Waals surface area contributed by atoms with Crippen LogP contribution in [0.4, 0.5) is 22.0 Å². The van der Waals surface area contributed by atoms with Crippen molar-refractivity contribution in [3.63, 3.8) is 0 Å². The molecule has 1 fully saturated rings. The summed E-state index contributed by atoms with van der Waals surface area (Å²) in [6.45, 7) is 1.43. The Kier molecular flexibility index (Phi) is 4.12. The van der Waals surface area contributed by atoms with E-state index in [4.69, 9.17) is 23.2 Å². The Morgan fingerprint density at radius 3 is 1.91 bits per heavy atom. The summed E-state index contributed by atoms with van der Waals surface area (Å²) in [6.07, 6.45) is 0.442. The Labute approximate surface area is 131 Å². The molecule has 0 aliphatic heterocycles. The van der Waals surface area contributed by atoms with Crippen molar-refractivity contribution < 1.29 is 26.7 Å². The van der Waals surface area contributed by atoms with E-state index in [2.05, 4.69) is 5.10 Å². The lowest BCUT2D eigenvalue weighted by Gasteiger charge is -2.09. The van der Waals surface area contributed by atoms with E-state index < -0.39 is 50.3 Å². The molecule has 22 heavy (non-hydrogen) atoms. The van der Waals surface area contributed by atoms with Crippen molar-refractivity contribution in [3.8, 4) is 0 Å². The average molecular weight is 361 g/mol. The van der Waals surface area contributed by atoms with Crippen LogP contribution in [0.5, 0.6) is 0 Å². The average Bonchev–Trinajstić information content (AvgIpc) is 2.98. The third-order valence-corrected chi connectivity index (χ3v) is 4.46. The molecule has 1 N–H and O–H groups in total. The lowest BCUT2D eigenvalue weighted by atomic mass is 10.1. The second-order valence-electron chi connectivity index (χ2n) is 4.90. The van der Waals surface area contributed by atoms with Crippen molar-refractivity contribution in [2.75, 3.05) is 0 Å². The van der Waals surface area contributed by atoms with Crippen LogP contribution in [-0.2, 0) is 4.79 Å². The summed E-state index contributed by atoms with van der Waals surface area (Å²) in [6, 6.07) is 0. The Hall–Kier alpha value is -1.41. The molecule has 0 bridgehead atoms. The number of nitrogens with one attached hydrogen (secondary N) is 1. The van der Waals surface area contributed by atoms with Gasteiger partial charge in [-0.15, -0.1) is 23.2 Å². The summed E-state index contributed by atoms with van der Waals surface area (Å²) in [5, 5.41) is 3.17. The van der Waals surface area contributed by atoms with Crippen LogP contribution in [0.25, 0.3) is 0 Å².